The van der Waals surface area contributed by atoms with Gasteiger partial charge in [0, 0.05) is 42.8 Å². The van der Waals surface area contributed by atoms with Crippen LogP contribution in [0.5, 0.6) is 0 Å². The summed E-state index contributed by atoms with van der Waals surface area (Å²) in [5, 5.41) is 3.47. The molecule has 2 heterocycles. The van der Waals surface area contributed by atoms with Crippen LogP contribution < -0.4 is 5.32 Å². The first-order valence-corrected chi connectivity index (χ1v) is 8.90. The number of thiazole rings is 1. The van der Waals surface area contributed by atoms with Crippen molar-refractivity contribution in [2.24, 2.45) is 0 Å². The zero-order valence-corrected chi connectivity index (χ0v) is 14.8. The van der Waals surface area contributed by atoms with Gasteiger partial charge in [0.05, 0.1) is 5.69 Å². The minimum absolute atomic E-state index is 0.00907. The minimum Gasteiger partial charge on any atom is -0.302 e. The number of carbonyl (C=O) groups is 2. The van der Waals surface area contributed by atoms with Gasteiger partial charge in [-0.25, -0.2) is 4.98 Å². The van der Waals surface area contributed by atoms with E-state index in [2.05, 4.69) is 22.2 Å². The third kappa shape index (κ3) is 4.07. The van der Waals surface area contributed by atoms with Gasteiger partial charge in [0.15, 0.2) is 10.9 Å². The minimum atomic E-state index is -0.157. The molecule has 1 aromatic carbocycles. The Morgan fingerprint density at radius 3 is 2.75 bits per heavy atom. The average Bonchev–Trinajstić information content (AvgIpc) is 2.94. The smallest absolute Gasteiger partial charge is 0.226 e. The van der Waals surface area contributed by atoms with Crippen LogP contribution >= 0.6 is 11.3 Å². The van der Waals surface area contributed by atoms with E-state index in [1.165, 1.54) is 16.2 Å². The molecule has 1 aliphatic heterocycles. The molecule has 0 bridgehead atoms. The van der Waals surface area contributed by atoms with Gasteiger partial charge in [0.1, 0.15) is 0 Å². The quantitative estimate of drug-likeness (QED) is 0.848. The number of hydrogen-bond donors (Lipinski definition) is 1. The van der Waals surface area contributed by atoms with Gasteiger partial charge in [0.2, 0.25) is 5.91 Å². The van der Waals surface area contributed by atoms with Crippen molar-refractivity contribution in [1.82, 2.24) is 9.88 Å². The number of rotatable bonds is 5. The fourth-order valence-corrected chi connectivity index (χ4v) is 3.77. The molecule has 0 atom stereocenters. The number of nitrogens with zero attached hydrogens (tertiary/aromatic N) is 2. The van der Waals surface area contributed by atoms with E-state index in [9.17, 15) is 9.59 Å². The van der Waals surface area contributed by atoms with Crippen molar-refractivity contribution in [3.8, 4) is 0 Å². The summed E-state index contributed by atoms with van der Waals surface area (Å²) in [5.41, 5.74) is 2.85. The molecule has 1 N–H and O–H groups in total. The maximum absolute atomic E-state index is 12.1. The van der Waals surface area contributed by atoms with Crippen molar-refractivity contribution in [1.29, 1.82) is 0 Å². The number of ketones is 1. The number of amides is 1. The number of likely N-dealkylation sites (N-methyl/N-ethyl adjacent to an activating group) is 1. The molecule has 1 aliphatic rings. The number of anilines is 1. The third-order valence-electron chi connectivity index (χ3n) is 4.12. The van der Waals surface area contributed by atoms with Crippen molar-refractivity contribution in [2.45, 2.75) is 32.7 Å². The molecule has 0 saturated heterocycles. The van der Waals surface area contributed by atoms with Crippen LogP contribution in [-0.2, 0) is 17.8 Å². The summed E-state index contributed by atoms with van der Waals surface area (Å²) < 4.78 is 0. The van der Waals surface area contributed by atoms with Crippen LogP contribution in [0.2, 0.25) is 0 Å². The van der Waals surface area contributed by atoms with Crippen LogP contribution in [0, 0.1) is 6.92 Å². The van der Waals surface area contributed by atoms with Gasteiger partial charge in [-0.15, -0.1) is 11.3 Å². The van der Waals surface area contributed by atoms with E-state index in [-0.39, 0.29) is 24.5 Å². The van der Waals surface area contributed by atoms with E-state index >= 15 is 0 Å². The normalized spacial score (nSPS) is 14.2. The summed E-state index contributed by atoms with van der Waals surface area (Å²) in [6.45, 7) is 3.86. The molecular formula is C18H21N3O2S. The van der Waals surface area contributed by atoms with Crippen molar-refractivity contribution in [2.75, 3.05) is 18.9 Å². The van der Waals surface area contributed by atoms with Crippen LogP contribution in [0.15, 0.2) is 24.3 Å². The Hall–Kier alpha value is -2.05. The van der Waals surface area contributed by atoms with Gasteiger partial charge >= 0.3 is 0 Å². The Labute approximate surface area is 145 Å². The summed E-state index contributed by atoms with van der Waals surface area (Å²) in [4.78, 5) is 32.1. The average molecular weight is 343 g/mol. The zero-order chi connectivity index (χ0) is 17.1. The molecule has 0 spiro atoms. The van der Waals surface area contributed by atoms with Crippen LogP contribution in [0.25, 0.3) is 0 Å². The first kappa shape index (κ1) is 16.8. The second-order valence-electron chi connectivity index (χ2n) is 6.21. The number of Topliss-reactive ketones (excluding diaryl/α,β-unsaturated/α-hetero) is 1. The lowest BCUT2D eigenvalue weighted by Crippen LogP contribution is -2.25. The van der Waals surface area contributed by atoms with E-state index in [1.54, 1.807) is 12.1 Å². The number of benzene rings is 1. The largest absolute Gasteiger partial charge is 0.302 e. The standard InChI is InChI=1S/C18H21N3O2S/c1-12-3-5-13(6-4-12)15(22)7-8-17(23)20-18-19-14-9-10-21(2)11-16(14)24-18/h3-6H,7-11H2,1-2H3,(H,19,20,23). The van der Waals surface area contributed by atoms with E-state index in [1.807, 2.05) is 19.1 Å². The summed E-state index contributed by atoms with van der Waals surface area (Å²) in [6.07, 6.45) is 1.31. The van der Waals surface area contributed by atoms with E-state index < -0.39 is 0 Å². The summed E-state index contributed by atoms with van der Waals surface area (Å²) >= 11 is 1.53. The topological polar surface area (TPSA) is 62.3 Å². The van der Waals surface area contributed by atoms with E-state index in [4.69, 9.17) is 0 Å². The van der Waals surface area contributed by atoms with Crippen LogP contribution in [0.4, 0.5) is 5.13 Å². The molecule has 0 unspecified atom stereocenters. The Balaban J connectivity index is 1.52. The Kier molecular flexibility index (Phi) is 5.06. The fraction of sp³-hybridized carbons (Fsp3) is 0.389. The van der Waals surface area contributed by atoms with Gasteiger partial charge in [-0.1, -0.05) is 29.8 Å². The molecule has 6 heteroatoms. The van der Waals surface area contributed by atoms with Crippen molar-refractivity contribution >= 4 is 28.2 Å². The summed E-state index contributed by atoms with van der Waals surface area (Å²) in [6, 6.07) is 7.43. The third-order valence-corrected chi connectivity index (χ3v) is 5.12. The highest BCUT2D eigenvalue weighted by molar-refractivity contribution is 7.15. The van der Waals surface area contributed by atoms with E-state index in [0.29, 0.717) is 10.7 Å². The zero-order valence-electron chi connectivity index (χ0n) is 14.0. The maximum Gasteiger partial charge on any atom is 0.226 e. The summed E-state index contributed by atoms with van der Waals surface area (Å²) in [7, 11) is 2.08. The second kappa shape index (κ2) is 7.23. The molecule has 0 aliphatic carbocycles. The molecule has 126 valence electrons. The van der Waals surface area contributed by atoms with Crippen molar-refractivity contribution in [3.05, 3.63) is 46.0 Å². The molecule has 0 saturated carbocycles. The number of fused-ring (bicyclic) bond motifs is 1. The highest BCUT2D eigenvalue weighted by atomic mass is 32.1. The first-order valence-electron chi connectivity index (χ1n) is 8.08. The molecular weight excluding hydrogens is 322 g/mol. The molecule has 5 nitrogen and oxygen atoms in total. The molecule has 2 aromatic rings. The number of aryl methyl sites for hydroxylation is 1. The molecule has 0 fully saturated rings. The predicted octanol–water partition coefficient (Wildman–Crippen LogP) is 3.04. The molecule has 3 rings (SSSR count). The van der Waals surface area contributed by atoms with Crippen LogP contribution in [-0.4, -0.2) is 35.2 Å². The summed E-state index contributed by atoms with van der Waals surface area (Å²) in [5.74, 6) is -0.167. The van der Waals surface area contributed by atoms with Gasteiger partial charge in [-0.3, -0.25) is 9.59 Å². The Morgan fingerprint density at radius 1 is 1.25 bits per heavy atom. The maximum atomic E-state index is 12.1. The van der Waals surface area contributed by atoms with E-state index in [0.717, 1.165) is 30.8 Å². The number of nitrogens with one attached hydrogen (secondary N) is 1. The van der Waals surface area contributed by atoms with Crippen molar-refractivity contribution in [3.63, 3.8) is 0 Å². The molecule has 0 radical (unpaired) electrons. The molecule has 24 heavy (non-hydrogen) atoms. The van der Waals surface area contributed by atoms with Crippen molar-refractivity contribution < 1.29 is 9.59 Å². The van der Waals surface area contributed by atoms with Gasteiger partial charge in [0.25, 0.3) is 0 Å². The first-order chi connectivity index (χ1) is 11.5. The number of aromatic nitrogens is 1. The Morgan fingerprint density at radius 2 is 2.00 bits per heavy atom. The lowest BCUT2D eigenvalue weighted by atomic mass is 10.1. The monoisotopic (exact) mass is 343 g/mol. The van der Waals surface area contributed by atoms with Gasteiger partial charge in [-0.05, 0) is 14.0 Å². The molecule has 1 aromatic heterocycles. The predicted molar refractivity (Wildman–Crippen MR) is 95.5 cm³/mol. The highest BCUT2D eigenvalue weighted by Gasteiger charge is 2.19. The van der Waals surface area contributed by atoms with Gasteiger partial charge in [-0.2, -0.15) is 0 Å². The lowest BCUT2D eigenvalue weighted by Gasteiger charge is -2.20. The highest BCUT2D eigenvalue weighted by Crippen LogP contribution is 2.27. The Bertz CT molecular complexity index is 752. The second-order valence-corrected chi connectivity index (χ2v) is 7.30. The van der Waals surface area contributed by atoms with Crippen LogP contribution in [0.3, 0.4) is 0 Å². The fourth-order valence-electron chi connectivity index (χ4n) is 2.67. The number of carbonyl (C=O) groups excluding carboxylic acids is 2. The van der Waals surface area contributed by atoms with Gasteiger partial charge < -0.3 is 10.2 Å². The number of hydrogen-bond acceptors (Lipinski definition) is 5. The SMILES string of the molecule is Cc1ccc(C(=O)CCC(=O)Nc2nc3c(s2)CN(C)CC3)cc1. The molecule has 1 amide bonds. The lowest BCUT2D eigenvalue weighted by molar-refractivity contribution is -0.116. The van der Waals surface area contributed by atoms with Crippen LogP contribution in [0.1, 0.15) is 39.3 Å².